The smallest absolute Gasteiger partial charge is 0.246 e. The lowest BCUT2D eigenvalue weighted by atomic mass is 10.1. The molecule has 0 bridgehead atoms. The minimum atomic E-state index is -0.699. The lowest BCUT2D eigenvalue weighted by molar-refractivity contribution is -0.125. The molecule has 1 saturated heterocycles. The van der Waals surface area contributed by atoms with Crippen LogP contribution >= 0.6 is 10.0 Å². The van der Waals surface area contributed by atoms with Crippen LogP contribution in [0, 0.1) is 11.2 Å². The number of carbonyl (C=O) groups is 1. The molecule has 0 atom stereocenters. The predicted molar refractivity (Wildman–Crippen MR) is 145 cm³/mol. The first-order valence-corrected chi connectivity index (χ1v) is 15.2. The minimum Gasteiger partial charge on any atom is -0.358 e. The molecule has 1 N–H and O–H groups in total. The van der Waals surface area contributed by atoms with Crippen LogP contribution in [0.3, 0.4) is 0 Å². The fraction of sp³-hybridized carbons (Fsp3) is 0.462. The molecule has 3 aromatic heterocycles. The number of halogens is 1. The third-order valence-corrected chi connectivity index (χ3v) is 7.63. The first kappa shape index (κ1) is 26.1. The molecule has 0 aliphatic carbocycles. The molecule has 1 fully saturated rings. The number of aromatic nitrogens is 4. The number of amides is 1. The van der Waals surface area contributed by atoms with Gasteiger partial charge in [-0.05, 0) is 49.8 Å². The Morgan fingerprint density at radius 1 is 1.19 bits per heavy atom. The predicted octanol–water partition coefficient (Wildman–Crippen LogP) is 4.42. The Bertz CT molecular complexity index is 1250. The molecule has 3 aromatic rings. The van der Waals surface area contributed by atoms with Crippen LogP contribution in [0.2, 0.25) is 0 Å². The maximum Gasteiger partial charge on any atom is 0.246 e. The number of carbonyl (C=O) groups excluding carboxylic acids is 1. The van der Waals surface area contributed by atoms with Gasteiger partial charge in [-0.15, -0.1) is 0 Å². The van der Waals surface area contributed by atoms with Crippen molar-refractivity contribution in [3.63, 3.8) is 0 Å². The molecule has 0 unspecified atom stereocenters. The highest BCUT2D eigenvalue weighted by Crippen LogP contribution is 2.33. The Kier molecular flexibility index (Phi) is 8.25. The molecule has 4 heterocycles. The van der Waals surface area contributed by atoms with Gasteiger partial charge in [0.25, 0.3) is 0 Å². The van der Waals surface area contributed by atoms with E-state index in [0.717, 1.165) is 44.5 Å². The van der Waals surface area contributed by atoms with Crippen LogP contribution in [0.1, 0.15) is 36.9 Å². The summed E-state index contributed by atoms with van der Waals surface area (Å²) in [6.45, 7) is 2.29. The molecule has 1 amide bonds. The Hall–Kier alpha value is -2.98. The van der Waals surface area contributed by atoms with Gasteiger partial charge in [0.1, 0.15) is 23.9 Å². The van der Waals surface area contributed by atoms with Crippen molar-refractivity contribution >= 4 is 33.9 Å². The monoisotopic (exact) mass is 514 g/mol. The van der Waals surface area contributed by atoms with E-state index in [2.05, 4.69) is 23.8 Å². The van der Waals surface area contributed by atoms with Crippen LogP contribution in [-0.2, 0) is 16.3 Å². The maximum atomic E-state index is 14.0. The van der Waals surface area contributed by atoms with E-state index in [1.807, 2.05) is 4.90 Å². The quantitative estimate of drug-likeness (QED) is 0.260. The van der Waals surface area contributed by atoms with Crippen LogP contribution in [-0.4, -0.2) is 80.4 Å². The van der Waals surface area contributed by atoms with Gasteiger partial charge in [0.15, 0.2) is 0 Å². The largest absolute Gasteiger partial charge is 0.358 e. The van der Waals surface area contributed by atoms with Crippen molar-refractivity contribution in [2.75, 3.05) is 44.2 Å². The van der Waals surface area contributed by atoms with Crippen molar-refractivity contribution < 1.29 is 13.9 Å². The molecular formula is C26H35FN6O2S. The number of fused-ring (bicyclic) bond motifs is 1. The molecule has 1 aliphatic heterocycles. The summed E-state index contributed by atoms with van der Waals surface area (Å²) < 4.78 is 23.2. The second kappa shape index (κ2) is 11.4. The summed E-state index contributed by atoms with van der Waals surface area (Å²) in [5.41, 5.74) is 2.74. The fourth-order valence-corrected chi connectivity index (χ4v) is 4.85. The van der Waals surface area contributed by atoms with E-state index in [-0.39, 0.29) is 12.6 Å². The molecular weight excluding hydrogens is 479 g/mol. The zero-order valence-corrected chi connectivity index (χ0v) is 22.1. The fourth-order valence-electron chi connectivity index (χ4n) is 4.23. The average Bonchev–Trinajstić information content (AvgIpc) is 3.27. The third-order valence-electron chi connectivity index (χ3n) is 6.24. The number of nitrogens with zero attached hydrogens (tertiary/aromatic N) is 5. The number of nitrogens with one attached hydrogen (secondary N) is 1. The van der Waals surface area contributed by atoms with Gasteiger partial charge in [0.05, 0.1) is 24.2 Å². The summed E-state index contributed by atoms with van der Waals surface area (Å²) in [5.74, 6) is 0.522. The normalized spacial score (nSPS) is 15.5. The lowest BCUT2D eigenvalue weighted by Gasteiger charge is -2.24. The van der Waals surface area contributed by atoms with Gasteiger partial charge >= 0.3 is 0 Å². The van der Waals surface area contributed by atoms with Crippen molar-refractivity contribution in [3.8, 4) is 11.4 Å². The van der Waals surface area contributed by atoms with Gasteiger partial charge in [-0.3, -0.25) is 9.20 Å². The van der Waals surface area contributed by atoms with E-state index in [1.54, 1.807) is 33.5 Å². The molecule has 194 valence electrons. The number of hydrogen-bond donors (Lipinski definition) is 1. The SMILES string of the molecule is CS(C)(C)CCOCn1nc(-c2cnc3ccc(F)cn23)c(C=N)c1/C=C/C(=O)N1CCCCCC1. The average molecular weight is 515 g/mol. The maximum absolute atomic E-state index is 14.0. The van der Waals surface area contributed by atoms with Gasteiger partial charge in [-0.2, -0.15) is 5.10 Å². The van der Waals surface area contributed by atoms with Crippen LogP contribution in [0.4, 0.5) is 4.39 Å². The molecule has 36 heavy (non-hydrogen) atoms. The molecule has 0 aromatic carbocycles. The summed E-state index contributed by atoms with van der Waals surface area (Å²) in [6.07, 6.45) is 18.5. The molecule has 0 spiro atoms. The van der Waals surface area contributed by atoms with E-state index < -0.39 is 15.8 Å². The van der Waals surface area contributed by atoms with Gasteiger partial charge in [0, 0.05) is 42.9 Å². The summed E-state index contributed by atoms with van der Waals surface area (Å²) in [6, 6.07) is 2.95. The van der Waals surface area contributed by atoms with Crippen molar-refractivity contribution in [3.05, 3.63) is 47.7 Å². The molecule has 1 aliphatic rings. The number of pyridine rings is 1. The van der Waals surface area contributed by atoms with Crippen LogP contribution < -0.4 is 0 Å². The number of ether oxygens (including phenoxy) is 1. The van der Waals surface area contributed by atoms with E-state index in [4.69, 9.17) is 15.2 Å². The third kappa shape index (κ3) is 6.22. The number of imidazole rings is 1. The first-order chi connectivity index (χ1) is 17.3. The van der Waals surface area contributed by atoms with Gasteiger partial charge in [-0.25, -0.2) is 24.1 Å². The number of hydrogen-bond acceptors (Lipinski definition) is 5. The molecule has 8 nitrogen and oxygen atoms in total. The first-order valence-electron chi connectivity index (χ1n) is 12.2. The topological polar surface area (TPSA) is 88.5 Å². The molecule has 0 saturated carbocycles. The molecule has 4 rings (SSSR count). The van der Waals surface area contributed by atoms with Crippen molar-refractivity contribution in [1.29, 1.82) is 5.41 Å². The second-order valence-electron chi connectivity index (χ2n) is 9.92. The number of rotatable bonds is 9. The van der Waals surface area contributed by atoms with Crippen molar-refractivity contribution in [2.45, 2.75) is 32.4 Å². The molecule has 10 heteroatoms. The van der Waals surface area contributed by atoms with Crippen LogP contribution in [0.15, 0.2) is 30.6 Å². The summed E-state index contributed by atoms with van der Waals surface area (Å²) in [7, 11) is -0.699. The van der Waals surface area contributed by atoms with E-state index in [1.165, 1.54) is 18.5 Å². The van der Waals surface area contributed by atoms with Crippen LogP contribution in [0.25, 0.3) is 23.1 Å². The highest BCUT2D eigenvalue weighted by Gasteiger charge is 2.21. The van der Waals surface area contributed by atoms with Crippen molar-refractivity contribution in [1.82, 2.24) is 24.1 Å². The van der Waals surface area contributed by atoms with Gasteiger partial charge < -0.3 is 15.0 Å². The number of likely N-dealkylation sites (tertiary alicyclic amines) is 1. The van der Waals surface area contributed by atoms with E-state index in [0.29, 0.717) is 34.9 Å². The molecule has 0 radical (unpaired) electrons. The Labute approximate surface area is 213 Å². The standard InChI is InChI=1S/C26H35FN6O2S/c1-36(2,3)15-14-35-19-33-22(9-11-25(34)31-12-6-4-5-7-13-31)21(16-28)26(30-33)23-17-29-24-10-8-20(27)18-32(23)24/h8-11,16-18,28H,4-7,12-15,19H2,1-3H3/b11-9+,28-16?. The zero-order chi connectivity index (χ0) is 25.7. The van der Waals surface area contributed by atoms with Gasteiger partial charge in [-0.1, -0.05) is 12.8 Å². The zero-order valence-electron chi connectivity index (χ0n) is 21.2. The summed E-state index contributed by atoms with van der Waals surface area (Å²) in [4.78, 5) is 19.2. The van der Waals surface area contributed by atoms with E-state index >= 15 is 0 Å². The van der Waals surface area contributed by atoms with Gasteiger partial charge in [0.2, 0.25) is 5.91 Å². The Morgan fingerprint density at radius 3 is 2.64 bits per heavy atom. The summed E-state index contributed by atoms with van der Waals surface area (Å²) >= 11 is 0. The highest BCUT2D eigenvalue weighted by molar-refractivity contribution is 8.32. The lowest BCUT2D eigenvalue weighted by Crippen LogP contribution is -2.30. The minimum absolute atomic E-state index is 0.0451. The summed E-state index contributed by atoms with van der Waals surface area (Å²) in [5, 5.41) is 12.9. The second-order valence-corrected chi connectivity index (χ2v) is 14.5. The Balaban J connectivity index is 1.68. The Morgan fingerprint density at radius 2 is 1.94 bits per heavy atom. The van der Waals surface area contributed by atoms with Crippen LogP contribution in [0.5, 0.6) is 0 Å². The van der Waals surface area contributed by atoms with Crippen molar-refractivity contribution in [2.24, 2.45) is 0 Å². The highest BCUT2D eigenvalue weighted by atomic mass is 32.3. The van der Waals surface area contributed by atoms with E-state index in [9.17, 15) is 9.18 Å².